The van der Waals surface area contributed by atoms with Crippen LogP contribution >= 0.6 is 0 Å². The van der Waals surface area contributed by atoms with Crippen LogP contribution < -0.4 is 0 Å². The number of hydrogen-bond donors (Lipinski definition) is 0. The van der Waals surface area contributed by atoms with Crippen LogP contribution in [0.3, 0.4) is 0 Å². The smallest absolute Gasteiger partial charge is 0.374 e. The number of alkyl halides is 6. The van der Waals surface area contributed by atoms with Gasteiger partial charge in [0.15, 0.2) is 5.78 Å². The van der Waals surface area contributed by atoms with Gasteiger partial charge in [-0.1, -0.05) is 6.07 Å². The molecule has 0 N–H and O–H groups in total. The number of piperidine rings is 1. The number of benzene rings is 2. The van der Waals surface area contributed by atoms with Crippen LogP contribution in [0.1, 0.15) is 66.1 Å². The van der Waals surface area contributed by atoms with Crippen molar-refractivity contribution in [3.05, 3.63) is 81.8 Å². The number of urea groups is 1. The molecule has 0 spiro atoms. The van der Waals surface area contributed by atoms with Crippen LogP contribution in [0.15, 0.2) is 48.2 Å². The Morgan fingerprint density at radius 3 is 2.19 bits per heavy atom. The molecule has 43 heavy (non-hydrogen) atoms. The first-order valence-corrected chi connectivity index (χ1v) is 14.1. The first-order valence-electron chi connectivity index (χ1n) is 14.1. The highest BCUT2D eigenvalue weighted by molar-refractivity contribution is 5.92. The first kappa shape index (κ1) is 30.9. The molecule has 1 aliphatic carbocycles. The number of amides is 2. The van der Waals surface area contributed by atoms with Crippen LogP contribution in [0, 0.1) is 24.6 Å². The van der Waals surface area contributed by atoms with Gasteiger partial charge in [0.25, 0.3) is 0 Å². The molecule has 2 heterocycles. The van der Waals surface area contributed by atoms with Gasteiger partial charge in [-0.2, -0.15) is 26.3 Å². The Morgan fingerprint density at radius 2 is 1.63 bits per heavy atom. The summed E-state index contributed by atoms with van der Waals surface area (Å²) in [6.07, 6.45) is -6.68. The van der Waals surface area contributed by atoms with Crippen molar-refractivity contribution >= 4 is 11.8 Å². The van der Waals surface area contributed by atoms with Crippen LogP contribution in [0.25, 0.3) is 0 Å². The van der Waals surface area contributed by atoms with Crippen molar-refractivity contribution in [2.75, 3.05) is 26.7 Å². The lowest BCUT2D eigenvalue weighted by atomic mass is 9.78. The van der Waals surface area contributed by atoms with Gasteiger partial charge in [-0.25, -0.2) is 9.18 Å². The molecule has 2 aromatic rings. The summed E-state index contributed by atoms with van der Waals surface area (Å²) < 4.78 is 95.3. The quantitative estimate of drug-likeness (QED) is 0.336. The summed E-state index contributed by atoms with van der Waals surface area (Å²) in [7, 11) is 1.36. The maximum absolute atomic E-state index is 14.1. The van der Waals surface area contributed by atoms with Crippen LogP contribution in [-0.2, 0) is 17.1 Å². The highest BCUT2D eigenvalue weighted by atomic mass is 19.4. The summed E-state index contributed by atoms with van der Waals surface area (Å²) in [5.41, 5.74) is -0.898. The third-order valence-electron chi connectivity index (χ3n) is 9.11. The summed E-state index contributed by atoms with van der Waals surface area (Å²) in [6, 6.07) is 3.47. The number of aryl methyl sites for hydroxylation is 1. The van der Waals surface area contributed by atoms with Crippen LogP contribution in [0.5, 0.6) is 0 Å². The minimum Gasteiger partial charge on any atom is -0.374 e. The second kappa shape index (κ2) is 11.2. The van der Waals surface area contributed by atoms with E-state index in [1.165, 1.54) is 26.1 Å². The van der Waals surface area contributed by atoms with Gasteiger partial charge < -0.3 is 14.7 Å². The van der Waals surface area contributed by atoms with Gasteiger partial charge in [0.05, 0.1) is 23.2 Å². The number of hydrogen-bond acceptors (Lipinski definition) is 3. The molecule has 0 bridgehead atoms. The summed E-state index contributed by atoms with van der Waals surface area (Å²) in [5.74, 6) is -0.306. The van der Waals surface area contributed by atoms with Crippen molar-refractivity contribution in [3.63, 3.8) is 0 Å². The lowest BCUT2D eigenvalue weighted by molar-refractivity contribution is -0.143. The summed E-state index contributed by atoms with van der Waals surface area (Å²) in [4.78, 5) is 30.9. The second-order valence-electron chi connectivity index (χ2n) is 11.8. The molecule has 0 saturated carbocycles. The van der Waals surface area contributed by atoms with Gasteiger partial charge in [0, 0.05) is 50.8 Å². The monoisotopic (exact) mass is 611 g/mol. The molecule has 0 unspecified atom stereocenters. The molecule has 2 saturated heterocycles. The minimum absolute atomic E-state index is 0.0616. The maximum atomic E-state index is 14.1. The van der Waals surface area contributed by atoms with E-state index in [9.17, 15) is 40.3 Å². The molecular formula is C31H32F7N3O2. The number of nitrogens with zero attached hydrogens (tertiary/aromatic N) is 3. The molecule has 3 aliphatic rings. The Morgan fingerprint density at radius 1 is 0.977 bits per heavy atom. The molecule has 0 radical (unpaired) electrons. The van der Waals surface area contributed by atoms with E-state index in [2.05, 4.69) is 4.90 Å². The molecule has 0 aromatic heterocycles. The van der Waals surface area contributed by atoms with E-state index in [0.29, 0.717) is 56.6 Å². The summed E-state index contributed by atoms with van der Waals surface area (Å²) >= 11 is 0. The van der Waals surface area contributed by atoms with Crippen LogP contribution in [0.4, 0.5) is 35.5 Å². The predicted molar refractivity (Wildman–Crippen MR) is 144 cm³/mol. The van der Waals surface area contributed by atoms with E-state index in [1.54, 1.807) is 24.0 Å². The fraction of sp³-hybridized carbons (Fsp3) is 0.484. The number of rotatable bonds is 4. The zero-order chi connectivity index (χ0) is 31.4. The first-order chi connectivity index (χ1) is 20.0. The number of likely N-dealkylation sites (tertiary alicyclic amines) is 2. The van der Waals surface area contributed by atoms with E-state index in [1.807, 2.05) is 0 Å². The molecule has 5 nitrogen and oxygen atoms in total. The third-order valence-corrected chi connectivity index (χ3v) is 9.11. The molecule has 2 aromatic carbocycles. The van der Waals surface area contributed by atoms with Crippen LogP contribution in [0.2, 0.25) is 0 Å². The average Bonchev–Trinajstić information content (AvgIpc) is 3.56. The largest absolute Gasteiger partial charge is 0.416 e. The zero-order valence-electron chi connectivity index (χ0n) is 23.9. The van der Waals surface area contributed by atoms with Gasteiger partial charge in [-0.05, 0) is 79.6 Å². The SMILES string of the molecule is Cc1cc(F)ccc1[C@H]1[C@@H]2CN(C3=CC(=O)CC3)C[C@H]2CCN1C(=O)N(C)[C@H](C)c1cc(C(F)(F)F)cc(C(F)(F)F)c1. The highest BCUT2D eigenvalue weighted by Crippen LogP contribution is 2.47. The standard InChI is InChI=1S/C31H32F7N3O2/c1-17-10-23(32)4-7-26(17)28-27-16-40(24-5-6-25(42)14-24)15-19(27)8-9-41(28)29(43)39(3)18(2)20-11-21(30(33,34)35)13-22(12-20)31(36,37)38/h4,7,10-14,18-19,27-28H,5-6,8-9,15-16H2,1-3H3/t18-,19-,27-,28+/m1/s1. The minimum atomic E-state index is -5.01. The number of allylic oxidation sites excluding steroid dienone is 2. The van der Waals surface area contributed by atoms with Crippen molar-refractivity contribution in [1.82, 2.24) is 14.7 Å². The fourth-order valence-electron chi connectivity index (χ4n) is 6.70. The number of ketones is 1. The molecule has 4 atom stereocenters. The normalized spacial score (nSPS) is 23.3. The summed E-state index contributed by atoms with van der Waals surface area (Å²) in [5, 5.41) is 0. The molecule has 2 amide bonds. The molecule has 2 fully saturated rings. The Hall–Kier alpha value is -3.57. The topological polar surface area (TPSA) is 43.9 Å². The van der Waals surface area contributed by atoms with Gasteiger partial charge in [0.2, 0.25) is 0 Å². The Bertz CT molecular complexity index is 1420. The van der Waals surface area contributed by atoms with Crippen molar-refractivity contribution in [2.24, 2.45) is 11.8 Å². The molecular weight excluding hydrogens is 579 g/mol. The van der Waals surface area contributed by atoms with Gasteiger partial charge in [-0.15, -0.1) is 0 Å². The van der Waals surface area contributed by atoms with E-state index >= 15 is 0 Å². The Kier molecular flexibility index (Phi) is 8.02. The van der Waals surface area contributed by atoms with E-state index in [-0.39, 0.29) is 29.2 Å². The average molecular weight is 612 g/mol. The second-order valence-corrected chi connectivity index (χ2v) is 11.8. The predicted octanol–water partition coefficient (Wildman–Crippen LogP) is 7.53. The van der Waals surface area contributed by atoms with E-state index < -0.39 is 47.4 Å². The Labute approximate surface area is 244 Å². The third kappa shape index (κ3) is 6.10. The molecule has 5 rings (SSSR count). The highest BCUT2D eigenvalue weighted by Gasteiger charge is 2.48. The lowest BCUT2D eigenvalue weighted by Gasteiger charge is -2.45. The molecule has 232 valence electrons. The molecule has 2 aliphatic heterocycles. The van der Waals surface area contributed by atoms with Gasteiger partial charge in [0.1, 0.15) is 5.82 Å². The fourth-order valence-corrected chi connectivity index (χ4v) is 6.70. The van der Waals surface area contributed by atoms with Crippen molar-refractivity contribution in [3.8, 4) is 0 Å². The van der Waals surface area contributed by atoms with Gasteiger partial charge in [-0.3, -0.25) is 4.79 Å². The van der Waals surface area contributed by atoms with Crippen molar-refractivity contribution < 1.29 is 40.3 Å². The zero-order valence-corrected chi connectivity index (χ0v) is 23.9. The number of halogens is 7. The van der Waals surface area contributed by atoms with Crippen molar-refractivity contribution in [1.29, 1.82) is 0 Å². The summed E-state index contributed by atoms with van der Waals surface area (Å²) in [6.45, 7) is 4.67. The number of fused-ring (bicyclic) bond motifs is 1. The van der Waals surface area contributed by atoms with Crippen molar-refractivity contribution in [2.45, 2.75) is 57.5 Å². The number of carbonyl (C=O) groups is 2. The lowest BCUT2D eigenvalue weighted by Crippen LogP contribution is -2.51. The molecule has 12 heteroatoms. The van der Waals surface area contributed by atoms with E-state index in [4.69, 9.17) is 0 Å². The Balaban J connectivity index is 1.48. The van der Waals surface area contributed by atoms with Gasteiger partial charge >= 0.3 is 18.4 Å². The maximum Gasteiger partial charge on any atom is 0.416 e. The number of carbonyl (C=O) groups excluding carboxylic acids is 2. The van der Waals surface area contributed by atoms with E-state index in [0.717, 1.165) is 16.2 Å². The van der Waals surface area contributed by atoms with Crippen LogP contribution in [-0.4, -0.2) is 53.2 Å².